The van der Waals surface area contributed by atoms with Gasteiger partial charge in [0.05, 0.1) is 5.56 Å². The molecule has 1 saturated carbocycles. The van der Waals surface area contributed by atoms with Crippen molar-refractivity contribution in [3.8, 4) is 0 Å². The maximum absolute atomic E-state index is 12.4. The lowest BCUT2D eigenvalue weighted by molar-refractivity contribution is 0.0854. The molecule has 1 aliphatic rings. The van der Waals surface area contributed by atoms with Crippen LogP contribution in [-0.2, 0) is 0 Å². The smallest absolute Gasteiger partial charge is 0.255 e. The van der Waals surface area contributed by atoms with E-state index in [9.17, 15) is 4.79 Å². The molecular formula is C15H23N3O. The average molecular weight is 261 g/mol. The lowest BCUT2D eigenvalue weighted by Gasteiger charge is -2.39. The van der Waals surface area contributed by atoms with E-state index < -0.39 is 0 Å². The topological polar surface area (TPSA) is 54.0 Å². The fourth-order valence-electron chi connectivity index (χ4n) is 2.79. The van der Waals surface area contributed by atoms with Crippen LogP contribution in [0.3, 0.4) is 0 Å². The minimum absolute atomic E-state index is 0.0302. The first kappa shape index (κ1) is 13.8. The van der Waals surface area contributed by atoms with E-state index in [4.69, 9.17) is 0 Å². The number of hydrogen-bond donors (Lipinski definition) is 2. The predicted molar refractivity (Wildman–Crippen MR) is 77.3 cm³/mol. The minimum atomic E-state index is -0.0302. The van der Waals surface area contributed by atoms with Gasteiger partial charge in [-0.05, 0) is 24.3 Å². The van der Waals surface area contributed by atoms with Gasteiger partial charge in [0.2, 0.25) is 0 Å². The molecule has 19 heavy (non-hydrogen) atoms. The third kappa shape index (κ3) is 3.06. The number of nitrogens with one attached hydrogen (secondary N) is 2. The molecule has 1 unspecified atom stereocenters. The van der Waals surface area contributed by atoms with Crippen LogP contribution in [0.5, 0.6) is 0 Å². The summed E-state index contributed by atoms with van der Waals surface area (Å²) in [7, 11) is 1.82. The molecule has 104 valence electrons. The lowest BCUT2D eigenvalue weighted by atomic mass is 9.73. The Kier molecular flexibility index (Phi) is 4.08. The molecule has 0 bridgehead atoms. The highest BCUT2D eigenvalue weighted by Gasteiger charge is 2.33. The predicted octanol–water partition coefficient (Wildman–Crippen LogP) is 2.82. The Morgan fingerprint density at radius 2 is 2.21 bits per heavy atom. The fourth-order valence-corrected chi connectivity index (χ4v) is 2.79. The van der Waals surface area contributed by atoms with E-state index in [1.807, 2.05) is 13.1 Å². The molecule has 0 radical (unpaired) electrons. The normalized spacial score (nSPS) is 21.7. The molecule has 4 heteroatoms. The summed E-state index contributed by atoms with van der Waals surface area (Å²) in [4.78, 5) is 16.4. The van der Waals surface area contributed by atoms with Crippen LogP contribution >= 0.6 is 0 Å². The summed E-state index contributed by atoms with van der Waals surface area (Å²) in [6.45, 7) is 4.47. The van der Waals surface area contributed by atoms with Gasteiger partial charge in [-0.3, -0.25) is 9.78 Å². The first-order valence-corrected chi connectivity index (χ1v) is 6.97. The van der Waals surface area contributed by atoms with Gasteiger partial charge in [0, 0.05) is 31.2 Å². The maximum Gasteiger partial charge on any atom is 0.255 e. The molecule has 1 aromatic rings. The molecule has 4 nitrogen and oxygen atoms in total. The summed E-state index contributed by atoms with van der Waals surface area (Å²) in [5, 5.41) is 6.21. The zero-order valence-corrected chi connectivity index (χ0v) is 12.0. The van der Waals surface area contributed by atoms with Gasteiger partial charge in [-0.25, -0.2) is 0 Å². The number of amides is 1. The zero-order valence-electron chi connectivity index (χ0n) is 12.0. The van der Waals surface area contributed by atoms with E-state index in [1.54, 1.807) is 12.4 Å². The Bertz CT molecular complexity index is 456. The van der Waals surface area contributed by atoms with Crippen LogP contribution in [0.4, 0.5) is 5.69 Å². The van der Waals surface area contributed by atoms with Crippen molar-refractivity contribution in [3.63, 3.8) is 0 Å². The molecular weight excluding hydrogens is 238 g/mol. The molecule has 1 aliphatic carbocycles. The Morgan fingerprint density at radius 1 is 1.42 bits per heavy atom. The van der Waals surface area contributed by atoms with E-state index >= 15 is 0 Å². The monoisotopic (exact) mass is 261 g/mol. The number of nitrogens with zero attached hydrogens (tertiary/aromatic N) is 1. The van der Waals surface area contributed by atoms with Crippen LogP contribution in [0.25, 0.3) is 0 Å². The Labute approximate surface area is 115 Å². The summed E-state index contributed by atoms with van der Waals surface area (Å²) < 4.78 is 0. The van der Waals surface area contributed by atoms with E-state index in [1.165, 1.54) is 19.3 Å². The van der Waals surface area contributed by atoms with Crippen LogP contribution in [0.15, 0.2) is 18.5 Å². The summed E-state index contributed by atoms with van der Waals surface area (Å²) in [5.41, 5.74) is 1.61. The van der Waals surface area contributed by atoms with Crippen molar-refractivity contribution in [2.75, 3.05) is 12.4 Å². The van der Waals surface area contributed by atoms with E-state index in [0.29, 0.717) is 5.56 Å². The van der Waals surface area contributed by atoms with Gasteiger partial charge in [-0.15, -0.1) is 0 Å². The van der Waals surface area contributed by atoms with Gasteiger partial charge < -0.3 is 10.6 Å². The molecule has 1 aromatic heterocycles. The van der Waals surface area contributed by atoms with Crippen molar-refractivity contribution in [2.24, 2.45) is 5.41 Å². The SMILES string of the molecule is CNc1ccncc1C(=O)NC1CCCCC1(C)C. The Morgan fingerprint density at radius 3 is 2.89 bits per heavy atom. The summed E-state index contributed by atoms with van der Waals surface area (Å²) in [5.74, 6) is -0.0302. The van der Waals surface area contributed by atoms with Gasteiger partial charge in [-0.2, -0.15) is 0 Å². The molecule has 1 amide bonds. The summed E-state index contributed by atoms with van der Waals surface area (Å²) in [6, 6.07) is 2.07. The molecule has 2 rings (SSSR count). The molecule has 1 heterocycles. The van der Waals surface area contributed by atoms with Crippen molar-refractivity contribution in [1.82, 2.24) is 10.3 Å². The molecule has 0 saturated heterocycles. The number of pyridine rings is 1. The molecule has 0 aromatic carbocycles. The van der Waals surface area contributed by atoms with Crippen LogP contribution < -0.4 is 10.6 Å². The number of rotatable bonds is 3. The van der Waals surface area contributed by atoms with Crippen molar-refractivity contribution in [2.45, 2.75) is 45.6 Å². The largest absolute Gasteiger partial charge is 0.387 e. The summed E-state index contributed by atoms with van der Waals surface area (Å²) >= 11 is 0. The fraction of sp³-hybridized carbons (Fsp3) is 0.600. The quantitative estimate of drug-likeness (QED) is 0.879. The highest BCUT2D eigenvalue weighted by Crippen LogP contribution is 2.35. The van der Waals surface area contributed by atoms with Gasteiger partial charge in [0.15, 0.2) is 0 Å². The minimum Gasteiger partial charge on any atom is -0.387 e. The average Bonchev–Trinajstić information content (AvgIpc) is 2.41. The number of aromatic nitrogens is 1. The third-order valence-corrected chi connectivity index (χ3v) is 4.15. The number of hydrogen-bond acceptors (Lipinski definition) is 3. The van der Waals surface area contributed by atoms with Crippen molar-refractivity contribution >= 4 is 11.6 Å². The highest BCUT2D eigenvalue weighted by molar-refractivity contribution is 5.99. The molecule has 2 N–H and O–H groups in total. The van der Waals surface area contributed by atoms with Gasteiger partial charge in [0.25, 0.3) is 5.91 Å². The molecule has 0 aliphatic heterocycles. The van der Waals surface area contributed by atoms with Gasteiger partial charge in [0.1, 0.15) is 0 Å². The highest BCUT2D eigenvalue weighted by atomic mass is 16.1. The van der Waals surface area contributed by atoms with Crippen molar-refractivity contribution in [1.29, 1.82) is 0 Å². The third-order valence-electron chi connectivity index (χ3n) is 4.15. The second-order valence-electron chi connectivity index (χ2n) is 5.93. The van der Waals surface area contributed by atoms with Crippen LogP contribution in [0, 0.1) is 5.41 Å². The van der Waals surface area contributed by atoms with E-state index in [0.717, 1.165) is 12.1 Å². The number of carbonyl (C=O) groups excluding carboxylic acids is 1. The van der Waals surface area contributed by atoms with Crippen molar-refractivity contribution < 1.29 is 4.79 Å². The molecule has 0 spiro atoms. The van der Waals surface area contributed by atoms with Crippen LogP contribution in [0.2, 0.25) is 0 Å². The van der Waals surface area contributed by atoms with Crippen LogP contribution in [0.1, 0.15) is 49.9 Å². The maximum atomic E-state index is 12.4. The van der Waals surface area contributed by atoms with Gasteiger partial charge in [-0.1, -0.05) is 26.7 Å². The summed E-state index contributed by atoms with van der Waals surface area (Å²) in [6.07, 6.45) is 8.00. The Hall–Kier alpha value is -1.58. The standard InChI is InChI=1S/C15H23N3O/c1-15(2)8-5-4-6-13(15)18-14(19)11-10-17-9-7-12(11)16-3/h7,9-10,13H,4-6,8H2,1-3H3,(H,16,17)(H,18,19). The lowest BCUT2D eigenvalue weighted by Crippen LogP contribution is -2.46. The molecule has 1 fully saturated rings. The van der Waals surface area contributed by atoms with E-state index in [2.05, 4.69) is 29.5 Å². The second-order valence-corrected chi connectivity index (χ2v) is 5.93. The van der Waals surface area contributed by atoms with Crippen LogP contribution in [-0.4, -0.2) is 24.0 Å². The first-order chi connectivity index (χ1) is 9.04. The van der Waals surface area contributed by atoms with Gasteiger partial charge >= 0.3 is 0 Å². The van der Waals surface area contributed by atoms with Crippen molar-refractivity contribution in [3.05, 3.63) is 24.0 Å². The molecule has 1 atom stereocenters. The number of carbonyl (C=O) groups is 1. The second kappa shape index (κ2) is 5.59. The number of anilines is 1. The zero-order chi connectivity index (χ0) is 13.9. The first-order valence-electron chi connectivity index (χ1n) is 6.97. The Balaban J connectivity index is 2.12. The van der Waals surface area contributed by atoms with E-state index in [-0.39, 0.29) is 17.4 Å².